The van der Waals surface area contributed by atoms with E-state index >= 15 is 0 Å². The third-order valence-corrected chi connectivity index (χ3v) is 13.4. The molecule has 0 bridgehead atoms. The van der Waals surface area contributed by atoms with Crippen LogP contribution in [0, 0.1) is 11.7 Å². The van der Waals surface area contributed by atoms with Crippen LogP contribution in [0.5, 0.6) is 0 Å². The number of urea groups is 1. The van der Waals surface area contributed by atoms with Crippen LogP contribution in [-0.4, -0.2) is 95.8 Å². The second kappa shape index (κ2) is 16.5. The molecule has 1 saturated heterocycles. The molecule has 0 unspecified atom stereocenters. The van der Waals surface area contributed by atoms with Gasteiger partial charge < -0.3 is 25.2 Å². The Labute approximate surface area is 341 Å². The largest absolute Gasteiger partial charge is 0.444 e. The molecule has 0 spiro atoms. The highest BCUT2D eigenvalue weighted by Gasteiger charge is 2.62. The molecule has 4 aliphatic rings. The van der Waals surface area contributed by atoms with Crippen LogP contribution in [-0.2, 0) is 42.2 Å². The van der Waals surface area contributed by atoms with Crippen LogP contribution in [0.3, 0.4) is 0 Å². The minimum absolute atomic E-state index is 0.0234. The summed E-state index contributed by atoms with van der Waals surface area (Å²) < 4.78 is 49.4. The van der Waals surface area contributed by atoms with E-state index in [1.54, 1.807) is 25.3 Å². The second-order valence-corrected chi connectivity index (χ2v) is 18.5. The quantitative estimate of drug-likeness (QED) is 0.342. The number of sulfonamides is 1. The van der Waals surface area contributed by atoms with Crippen LogP contribution in [0.1, 0.15) is 76.8 Å². The van der Waals surface area contributed by atoms with Crippen molar-refractivity contribution >= 4 is 63.1 Å². The first-order chi connectivity index (χ1) is 26.8. The second-order valence-electron chi connectivity index (χ2n) is 16.0. The number of ether oxygens (including phenoxy) is 1. The van der Waals surface area contributed by atoms with E-state index in [4.69, 9.17) is 27.9 Å². The van der Waals surface area contributed by atoms with E-state index < -0.39 is 85.8 Å². The Morgan fingerprint density at radius 2 is 1.74 bits per heavy atom. The van der Waals surface area contributed by atoms with Gasteiger partial charge in [0.2, 0.25) is 11.8 Å². The predicted octanol–water partition coefficient (Wildman–Crippen LogP) is 5.26. The number of amides is 6. The van der Waals surface area contributed by atoms with Gasteiger partial charge in [-0.2, -0.15) is 0 Å². The minimum atomic E-state index is -4.61. The van der Waals surface area contributed by atoms with Crippen molar-refractivity contribution in [1.29, 1.82) is 0 Å². The van der Waals surface area contributed by atoms with Crippen LogP contribution >= 0.6 is 23.2 Å². The van der Waals surface area contributed by atoms with Crippen LogP contribution in [0.4, 0.5) is 14.0 Å². The molecule has 0 aromatic heterocycles. The van der Waals surface area contributed by atoms with Crippen molar-refractivity contribution in [2.24, 2.45) is 5.92 Å². The average molecular weight is 850 g/mol. The van der Waals surface area contributed by atoms with E-state index in [2.05, 4.69) is 15.4 Å². The fraction of sp³-hybridized carbons (Fsp3) is 0.513. The van der Waals surface area contributed by atoms with Crippen LogP contribution in [0.15, 0.2) is 53.4 Å². The molecule has 5 atom stereocenters. The molecule has 6 amide bonds. The van der Waals surface area contributed by atoms with E-state index in [-0.39, 0.29) is 48.9 Å². The SMILES string of the molecule is CN(C(=O)N[C@H]1CCCCC/C=C\[C@H]2C[C@@]2(C(=O)NS(=O)(=O)c2c(Cl)cccc2Cl)NC(=O)[C@@H]2C[C@@H](OC(=O)N3Cc4cccc(F)c4C3)CN2C1=O)C(C)(C)C. The number of hydrogen-bond acceptors (Lipinski definition) is 8. The zero-order valence-electron chi connectivity index (χ0n) is 32.1. The monoisotopic (exact) mass is 848 g/mol. The Bertz CT molecular complexity index is 2080. The standard InChI is InChI=1S/C39H47Cl2FN6O8S/c1-38(2,3)46(4)36(52)43-30-17-9-7-5-6-8-13-24-19-39(24,35(51)45-57(54,55)32-27(40)14-11-15-28(32)41)44-33(49)31-18-25(21-48(31)34(30)50)56-37(53)47-20-23-12-10-16-29(42)26(23)22-47/h8,10-16,24-25,30-31H,5-7,9,17-22H2,1-4H3,(H,43,52)(H,44,49)(H,45,51)/b13-8-/t24-,25+,30-,31-,39+/m0/s1. The molecule has 18 heteroatoms. The lowest BCUT2D eigenvalue weighted by molar-refractivity contribution is -0.141. The Morgan fingerprint density at radius 1 is 1.04 bits per heavy atom. The van der Waals surface area contributed by atoms with Crippen LogP contribution in [0.25, 0.3) is 0 Å². The highest BCUT2D eigenvalue weighted by molar-refractivity contribution is 7.90. The Kier molecular flexibility index (Phi) is 12.2. The van der Waals surface area contributed by atoms with Gasteiger partial charge in [0.05, 0.1) is 23.1 Å². The van der Waals surface area contributed by atoms with Gasteiger partial charge in [0.1, 0.15) is 34.4 Å². The highest BCUT2D eigenvalue weighted by Crippen LogP contribution is 2.46. The Morgan fingerprint density at radius 3 is 2.42 bits per heavy atom. The molecule has 2 aromatic rings. The summed E-state index contributed by atoms with van der Waals surface area (Å²) in [6.07, 6.45) is 4.60. The number of hydrogen-bond donors (Lipinski definition) is 3. The van der Waals surface area contributed by atoms with Gasteiger partial charge in [0.15, 0.2) is 0 Å². The maximum atomic E-state index is 14.5. The summed E-state index contributed by atoms with van der Waals surface area (Å²) >= 11 is 12.4. The average Bonchev–Trinajstić information content (AvgIpc) is 3.42. The lowest BCUT2D eigenvalue weighted by atomic mass is 10.0. The molecule has 14 nitrogen and oxygen atoms in total. The molecular weight excluding hydrogens is 802 g/mol. The first kappa shape index (κ1) is 42.2. The zero-order chi connectivity index (χ0) is 41.4. The molecule has 57 heavy (non-hydrogen) atoms. The minimum Gasteiger partial charge on any atom is -0.444 e. The van der Waals surface area contributed by atoms with Crippen molar-refractivity contribution in [1.82, 2.24) is 30.1 Å². The molecule has 3 aliphatic heterocycles. The fourth-order valence-electron chi connectivity index (χ4n) is 7.45. The molecule has 3 heterocycles. The van der Waals surface area contributed by atoms with E-state index in [1.165, 1.54) is 39.0 Å². The van der Waals surface area contributed by atoms with Crippen molar-refractivity contribution in [3.8, 4) is 0 Å². The van der Waals surface area contributed by atoms with Crippen molar-refractivity contribution in [2.75, 3.05) is 13.6 Å². The summed E-state index contributed by atoms with van der Waals surface area (Å²) in [5.41, 5.74) is -1.30. The van der Waals surface area contributed by atoms with Gasteiger partial charge in [-0.15, -0.1) is 0 Å². The number of carbonyl (C=O) groups excluding carboxylic acids is 5. The molecule has 3 N–H and O–H groups in total. The molecule has 2 fully saturated rings. The Balaban J connectivity index is 1.29. The number of benzene rings is 2. The molecule has 2 aromatic carbocycles. The maximum Gasteiger partial charge on any atom is 0.410 e. The van der Waals surface area contributed by atoms with Crippen molar-refractivity contribution in [2.45, 2.75) is 113 Å². The summed E-state index contributed by atoms with van der Waals surface area (Å²) in [5.74, 6) is -3.45. The van der Waals surface area contributed by atoms with Gasteiger partial charge in [-0.3, -0.25) is 19.3 Å². The van der Waals surface area contributed by atoms with E-state index in [0.29, 0.717) is 30.4 Å². The van der Waals surface area contributed by atoms with Gasteiger partial charge in [0, 0.05) is 37.0 Å². The van der Waals surface area contributed by atoms with Gasteiger partial charge in [-0.05, 0) is 70.2 Å². The lowest BCUT2D eigenvalue weighted by Gasteiger charge is -2.35. The van der Waals surface area contributed by atoms with Crippen LogP contribution < -0.4 is 15.4 Å². The first-order valence-corrected chi connectivity index (χ1v) is 21.1. The summed E-state index contributed by atoms with van der Waals surface area (Å²) in [6, 6.07) is 5.81. The number of nitrogens with zero attached hydrogens (tertiary/aromatic N) is 3. The topological polar surface area (TPSA) is 175 Å². The Hall–Kier alpha value is -4.41. The molecular formula is C39H47Cl2FN6O8S. The van der Waals surface area contributed by atoms with Gasteiger partial charge >= 0.3 is 12.1 Å². The number of fused-ring (bicyclic) bond motifs is 3. The van der Waals surface area contributed by atoms with Gasteiger partial charge in [-0.1, -0.05) is 66.4 Å². The molecule has 6 rings (SSSR count). The molecule has 308 valence electrons. The van der Waals surface area contributed by atoms with Crippen molar-refractivity contribution < 1.29 is 41.5 Å². The number of halogens is 3. The van der Waals surface area contributed by atoms with Crippen LogP contribution in [0.2, 0.25) is 10.0 Å². The van der Waals surface area contributed by atoms with Gasteiger partial charge in [-0.25, -0.2) is 27.1 Å². The number of rotatable bonds is 5. The van der Waals surface area contributed by atoms with E-state index in [1.807, 2.05) is 26.8 Å². The summed E-state index contributed by atoms with van der Waals surface area (Å²) in [7, 11) is -3.00. The fourth-order valence-corrected chi connectivity index (χ4v) is 9.63. The third-order valence-electron chi connectivity index (χ3n) is 11.1. The smallest absolute Gasteiger partial charge is 0.410 e. The van der Waals surface area contributed by atoms with Crippen molar-refractivity contribution in [3.63, 3.8) is 0 Å². The maximum absolute atomic E-state index is 14.5. The normalized spacial score (nSPS) is 25.8. The van der Waals surface area contributed by atoms with Crippen molar-refractivity contribution in [3.05, 3.63) is 75.5 Å². The molecule has 1 saturated carbocycles. The predicted molar refractivity (Wildman–Crippen MR) is 209 cm³/mol. The third kappa shape index (κ3) is 9.02. The summed E-state index contributed by atoms with van der Waals surface area (Å²) in [6.45, 7) is 5.39. The number of allylic oxidation sites excluding steroid dienone is 1. The molecule has 1 aliphatic carbocycles. The molecule has 0 radical (unpaired) electrons. The highest BCUT2D eigenvalue weighted by atomic mass is 35.5. The number of carbonyl (C=O) groups is 5. The first-order valence-electron chi connectivity index (χ1n) is 18.9. The van der Waals surface area contributed by atoms with E-state index in [9.17, 15) is 36.8 Å². The summed E-state index contributed by atoms with van der Waals surface area (Å²) in [4.78, 5) is 73.4. The van der Waals surface area contributed by atoms with Gasteiger partial charge in [0.25, 0.3) is 15.9 Å². The van der Waals surface area contributed by atoms with E-state index in [0.717, 1.165) is 6.42 Å². The zero-order valence-corrected chi connectivity index (χ0v) is 34.5. The summed E-state index contributed by atoms with van der Waals surface area (Å²) in [5, 5.41) is 5.19. The number of nitrogens with one attached hydrogen (secondary N) is 3. The lowest BCUT2D eigenvalue weighted by Crippen LogP contribution is -2.59.